The zero-order valence-electron chi connectivity index (χ0n) is 19.0. The van der Waals surface area contributed by atoms with E-state index in [1.165, 1.54) is 4.57 Å². The SMILES string of the molecule is CC(=O)N[C@H]1CC[C@@H](Nc2ncc3c(-c4ccc5nc(C)n(CC(F)F)c5n4)c[nH]c3n2)CC1. The van der Waals surface area contributed by atoms with Gasteiger partial charge in [0.05, 0.1) is 12.2 Å². The molecular formula is C23H26F2N8O. The highest BCUT2D eigenvalue weighted by molar-refractivity contribution is 5.93. The van der Waals surface area contributed by atoms with Crippen LogP contribution in [0, 0.1) is 6.92 Å². The second-order valence-corrected chi connectivity index (χ2v) is 8.75. The number of carbonyl (C=O) groups is 1. The number of hydrogen-bond donors (Lipinski definition) is 3. The molecule has 0 saturated heterocycles. The third-order valence-electron chi connectivity index (χ3n) is 6.28. The molecule has 4 aromatic heterocycles. The lowest BCUT2D eigenvalue weighted by atomic mass is 9.91. The molecule has 0 bridgehead atoms. The van der Waals surface area contributed by atoms with E-state index in [0.29, 0.717) is 34.3 Å². The summed E-state index contributed by atoms with van der Waals surface area (Å²) in [5.74, 6) is 1.05. The molecule has 4 aromatic rings. The lowest BCUT2D eigenvalue weighted by Crippen LogP contribution is -2.39. The van der Waals surface area contributed by atoms with Gasteiger partial charge in [-0.05, 0) is 44.7 Å². The van der Waals surface area contributed by atoms with Gasteiger partial charge in [0.2, 0.25) is 11.9 Å². The first-order valence-electron chi connectivity index (χ1n) is 11.4. The summed E-state index contributed by atoms with van der Waals surface area (Å²) in [6, 6.07) is 4.10. The molecule has 11 heteroatoms. The van der Waals surface area contributed by atoms with Crippen molar-refractivity contribution in [2.45, 2.75) is 64.6 Å². The Bertz CT molecular complexity index is 1340. The van der Waals surface area contributed by atoms with Gasteiger partial charge in [-0.15, -0.1) is 0 Å². The van der Waals surface area contributed by atoms with Crippen LogP contribution >= 0.6 is 0 Å². The number of amides is 1. The Labute approximate surface area is 194 Å². The number of alkyl halides is 2. The second-order valence-electron chi connectivity index (χ2n) is 8.75. The van der Waals surface area contributed by atoms with Crippen LogP contribution < -0.4 is 10.6 Å². The van der Waals surface area contributed by atoms with Crippen LogP contribution in [0.25, 0.3) is 33.5 Å². The summed E-state index contributed by atoms with van der Waals surface area (Å²) in [6.07, 6.45) is 4.75. The van der Waals surface area contributed by atoms with E-state index in [4.69, 9.17) is 0 Å². The molecule has 9 nitrogen and oxygen atoms in total. The molecule has 178 valence electrons. The monoisotopic (exact) mass is 468 g/mol. The van der Waals surface area contributed by atoms with E-state index in [1.54, 1.807) is 32.3 Å². The van der Waals surface area contributed by atoms with E-state index in [2.05, 4.69) is 35.6 Å². The van der Waals surface area contributed by atoms with E-state index in [1.807, 2.05) is 6.07 Å². The number of anilines is 1. The van der Waals surface area contributed by atoms with Crippen LogP contribution in [0.3, 0.4) is 0 Å². The fourth-order valence-corrected chi connectivity index (χ4v) is 4.66. The Kier molecular flexibility index (Phi) is 5.84. The molecule has 1 amide bonds. The highest BCUT2D eigenvalue weighted by atomic mass is 19.3. The topological polar surface area (TPSA) is 113 Å². The van der Waals surface area contributed by atoms with Crippen LogP contribution in [0.2, 0.25) is 0 Å². The lowest BCUT2D eigenvalue weighted by molar-refractivity contribution is -0.119. The van der Waals surface area contributed by atoms with Gasteiger partial charge in [-0.2, -0.15) is 4.98 Å². The van der Waals surface area contributed by atoms with Gasteiger partial charge in [0.25, 0.3) is 6.43 Å². The number of aromatic amines is 1. The Hall–Kier alpha value is -3.63. The van der Waals surface area contributed by atoms with Gasteiger partial charge >= 0.3 is 0 Å². The Morgan fingerprint density at radius 1 is 1.18 bits per heavy atom. The number of pyridine rings is 1. The van der Waals surface area contributed by atoms with E-state index >= 15 is 0 Å². The number of rotatable bonds is 6. The predicted molar refractivity (Wildman–Crippen MR) is 125 cm³/mol. The molecule has 34 heavy (non-hydrogen) atoms. The predicted octanol–water partition coefficient (Wildman–Crippen LogP) is 3.80. The highest BCUT2D eigenvalue weighted by Crippen LogP contribution is 2.29. The number of nitrogens with one attached hydrogen (secondary N) is 3. The van der Waals surface area contributed by atoms with E-state index < -0.39 is 13.0 Å². The first-order valence-corrected chi connectivity index (χ1v) is 11.4. The molecule has 1 fully saturated rings. The largest absolute Gasteiger partial charge is 0.354 e. The molecular weight excluding hydrogens is 442 g/mol. The summed E-state index contributed by atoms with van der Waals surface area (Å²) in [5.41, 5.74) is 3.10. The number of halogens is 2. The molecule has 4 heterocycles. The van der Waals surface area contributed by atoms with Crippen LogP contribution in [0.1, 0.15) is 38.4 Å². The van der Waals surface area contributed by atoms with Crippen molar-refractivity contribution in [3.8, 4) is 11.3 Å². The van der Waals surface area contributed by atoms with Gasteiger partial charge in [0.15, 0.2) is 5.65 Å². The molecule has 0 atom stereocenters. The molecule has 0 aromatic carbocycles. The summed E-state index contributed by atoms with van der Waals surface area (Å²) < 4.78 is 27.5. The molecule has 3 N–H and O–H groups in total. The zero-order valence-corrected chi connectivity index (χ0v) is 19.0. The summed E-state index contributed by atoms with van der Waals surface area (Å²) in [4.78, 5) is 32.5. The van der Waals surface area contributed by atoms with Crippen molar-refractivity contribution >= 4 is 34.1 Å². The van der Waals surface area contributed by atoms with Crippen molar-refractivity contribution in [1.82, 2.24) is 34.8 Å². The molecule has 0 aliphatic heterocycles. The number of hydrogen-bond acceptors (Lipinski definition) is 6. The highest BCUT2D eigenvalue weighted by Gasteiger charge is 2.22. The number of carbonyl (C=O) groups excluding carboxylic acids is 1. The lowest BCUT2D eigenvalue weighted by Gasteiger charge is -2.29. The van der Waals surface area contributed by atoms with Crippen LogP contribution in [0.15, 0.2) is 24.5 Å². The summed E-state index contributed by atoms with van der Waals surface area (Å²) in [5, 5.41) is 7.17. The summed E-state index contributed by atoms with van der Waals surface area (Å²) in [6.45, 7) is 2.80. The fourth-order valence-electron chi connectivity index (χ4n) is 4.66. The molecule has 0 spiro atoms. The first-order chi connectivity index (χ1) is 16.4. The van der Waals surface area contributed by atoms with Gasteiger partial charge < -0.3 is 20.2 Å². The van der Waals surface area contributed by atoms with Crippen molar-refractivity contribution in [3.05, 3.63) is 30.4 Å². The van der Waals surface area contributed by atoms with E-state index in [0.717, 1.165) is 36.6 Å². The quantitative estimate of drug-likeness (QED) is 0.397. The van der Waals surface area contributed by atoms with Crippen molar-refractivity contribution in [3.63, 3.8) is 0 Å². The number of fused-ring (bicyclic) bond motifs is 2. The number of H-pyrrole nitrogens is 1. The average molecular weight is 469 g/mol. The minimum atomic E-state index is -2.49. The van der Waals surface area contributed by atoms with Gasteiger partial charge in [-0.3, -0.25) is 4.79 Å². The maximum absolute atomic E-state index is 13.0. The number of aromatic nitrogens is 6. The second kappa shape index (κ2) is 8.96. The minimum absolute atomic E-state index is 0.00925. The molecule has 0 unspecified atom stereocenters. The Balaban J connectivity index is 1.36. The van der Waals surface area contributed by atoms with Crippen molar-refractivity contribution < 1.29 is 13.6 Å². The van der Waals surface area contributed by atoms with Gasteiger partial charge in [0, 0.05) is 42.4 Å². The normalized spacial score (nSPS) is 18.6. The van der Waals surface area contributed by atoms with Crippen LogP contribution in [-0.2, 0) is 11.3 Å². The average Bonchev–Trinajstić information content (AvgIpc) is 3.34. The number of aryl methyl sites for hydroxylation is 1. The number of nitrogens with zero attached hydrogens (tertiary/aromatic N) is 5. The maximum atomic E-state index is 13.0. The molecule has 5 rings (SSSR count). The number of imidazole rings is 1. The van der Waals surface area contributed by atoms with Crippen molar-refractivity contribution in [2.75, 3.05) is 5.32 Å². The zero-order chi connectivity index (χ0) is 23.8. The van der Waals surface area contributed by atoms with Crippen molar-refractivity contribution in [2.24, 2.45) is 0 Å². The van der Waals surface area contributed by atoms with E-state index in [-0.39, 0.29) is 18.0 Å². The van der Waals surface area contributed by atoms with Crippen molar-refractivity contribution in [1.29, 1.82) is 0 Å². The third-order valence-corrected chi connectivity index (χ3v) is 6.28. The fraction of sp³-hybridized carbons (Fsp3) is 0.435. The van der Waals surface area contributed by atoms with Crippen LogP contribution in [0.5, 0.6) is 0 Å². The summed E-state index contributed by atoms with van der Waals surface area (Å²) >= 11 is 0. The van der Waals surface area contributed by atoms with Crippen LogP contribution in [-0.4, -0.2) is 53.9 Å². The minimum Gasteiger partial charge on any atom is -0.354 e. The van der Waals surface area contributed by atoms with Gasteiger partial charge in [0.1, 0.15) is 17.0 Å². The molecule has 0 radical (unpaired) electrons. The Morgan fingerprint density at radius 3 is 2.68 bits per heavy atom. The standard InChI is InChI=1S/C23H26F2N8O/c1-12-28-19-8-7-18(31-22(19)33(12)11-20(24)25)16-9-26-21-17(16)10-27-23(32-21)30-15-5-3-14(4-6-15)29-13(2)34/h7-10,14-15,20H,3-6,11H2,1-2H3,(H,29,34)(H2,26,27,30,32)/t14-,15+. The third kappa shape index (κ3) is 4.42. The smallest absolute Gasteiger partial charge is 0.256 e. The first kappa shape index (κ1) is 22.2. The molecule has 1 aliphatic rings. The summed E-state index contributed by atoms with van der Waals surface area (Å²) in [7, 11) is 0. The van der Waals surface area contributed by atoms with Crippen LogP contribution in [0.4, 0.5) is 14.7 Å². The van der Waals surface area contributed by atoms with Gasteiger partial charge in [-0.1, -0.05) is 0 Å². The molecule has 1 aliphatic carbocycles. The van der Waals surface area contributed by atoms with E-state index in [9.17, 15) is 13.6 Å². The Morgan fingerprint density at radius 2 is 1.94 bits per heavy atom. The maximum Gasteiger partial charge on any atom is 0.256 e. The van der Waals surface area contributed by atoms with Gasteiger partial charge in [-0.25, -0.2) is 23.7 Å². The molecule has 1 saturated carbocycles.